The molecule has 0 bridgehead atoms. The summed E-state index contributed by atoms with van der Waals surface area (Å²) in [6.07, 6.45) is 1.77. The maximum atomic E-state index is 6.15. The molecule has 4 nitrogen and oxygen atoms in total. The Labute approximate surface area is 123 Å². The normalized spacial score (nSPS) is 11.8. The number of aromatic nitrogens is 1. The number of rotatable bonds is 5. The van der Waals surface area contributed by atoms with Crippen molar-refractivity contribution in [2.75, 3.05) is 19.5 Å². The molecule has 0 aliphatic carbocycles. The Kier molecular flexibility index (Phi) is 4.69. The molecule has 0 spiro atoms. The summed E-state index contributed by atoms with van der Waals surface area (Å²) in [5, 5.41) is 3.87. The van der Waals surface area contributed by atoms with E-state index in [1.165, 1.54) is 0 Å². The van der Waals surface area contributed by atoms with Gasteiger partial charge < -0.3 is 14.8 Å². The standard InChI is InChI=1S/C15H17ClN2O2/c1-10(12-6-4-5-7-17-12)18-13-8-11(16)14(19-2)9-15(13)20-3/h4-10,18H,1-3H3. The number of halogens is 1. The fraction of sp³-hybridized carbons (Fsp3) is 0.267. The Morgan fingerprint density at radius 1 is 1.15 bits per heavy atom. The molecule has 20 heavy (non-hydrogen) atoms. The molecule has 0 saturated heterocycles. The van der Waals surface area contributed by atoms with Gasteiger partial charge in [0.2, 0.25) is 0 Å². The van der Waals surface area contributed by atoms with E-state index in [0.29, 0.717) is 16.5 Å². The molecule has 1 unspecified atom stereocenters. The SMILES string of the molecule is COc1cc(OC)c(NC(C)c2ccccn2)cc1Cl. The molecule has 1 heterocycles. The molecule has 0 aliphatic heterocycles. The number of nitrogens with one attached hydrogen (secondary N) is 1. The number of pyridine rings is 1. The number of hydrogen-bond donors (Lipinski definition) is 1. The van der Waals surface area contributed by atoms with E-state index in [1.807, 2.05) is 25.1 Å². The van der Waals surface area contributed by atoms with Crippen LogP contribution in [0.3, 0.4) is 0 Å². The van der Waals surface area contributed by atoms with Gasteiger partial charge in [-0.15, -0.1) is 0 Å². The second-order valence-electron chi connectivity index (χ2n) is 4.31. The largest absolute Gasteiger partial charge is 0.495 e. The summed E-state index contributed by atoms with van der Waals surface area (Å²) in [6, 6.07) is 9.40. The van der Waals surface area contributed by atoms with Gasteiger partial charge in [-0.3, -0.25) is 4.98 Å². The van der Waals surface area contributed by atoms with E-state index in [0.717, 1.165) is 11.4 Å². The molecule has 2 aromatic rings. The highest BCUT2D eigenvalue weighted by atomic mass is 35.5. The molecule has 1 N–H and O–H groups in total. The van der Waals surface area contributed by atoms with Gasteiger partial charge in [0.25, 0.3) is 0 Å². The monoisotopic (exact) mass is 292 g/mol. The minimum atomic E-state index is 0.0366. The van der Waals surface area contributed by atoms with Crippen LogP contribution in [-0.4, -0.2) is 19.2 Å². The molecule has 1 aromatic heterocycles. The lowest BCUT2D eigenvalue weighted by Gasteiger charge is -2.18. The quantitative estimate of drug-likeness (QED) is 0.907. The third-order valence-corrected chi connectivity index (χ3v) is 3.27. The van der Waals surface area contributed by atoms with Gasteiger partial charge in [-0.05, 0) is 25.1 Å². The van der Waals surface area contributed by atoms with Gasteiger partial charge >= 0.3 is 0 Å². The third-order valence-electron chi connectivity index (χ3n) is 2.98. The number of hydrogen-bond acceptors (Lipinski definition) is 4. The second-order valence-corrected chi connectivity index (χ2v) is 4.71. The van der Waals surface area contributed by atoms with E-state index in [-0.39, 0.29) is 6.04 Å². The summed E-state index contributed by atoms with van der Waals surface area (Å²) >= 11 is 6.15. The highest BCUT2D eigenvalue weighted by Gasteiger charge is 2.13. The van der Waals surface area contributed by atoms with Crippen LogP contribution in [0.1, 0.15) is 18.7 Å². The van der Waals surface area contributed by atoms with Crippen LogP contribution < -0.4 is 14.8 Å². The number of anilines is 1. The Bertz CT molecular complexity index is 576. The zero-order valence-corrected chi connectivity index (χ0v) is 12.4. The lowest BCUT2D eigenvalue weighted by Crippen LogP contribution is -2.09. The van der Waals surface area contributed by atoms with Crippen molar-refractivity contribution in [3.05, 3.63) is 47.2 Å². The van der Waals surface area contributed by atoms with Crippen LogP contribution in [0.4, 0.5) is 5.69 Å². The predicted octanol–water partition coefficient (Wildman–Crippen LogP) is 3.93. The van der Waals surface area contributed by atoms with Crippen molar-refractivity contribution < 1.29 is 9.47 Å². The molecular weight excluding hydrogens is 276 g/mol. The Morgan fingerprint density at radius 3 is 2.50 bits per heavy atom. The van der Waals surface area contributed by atoms with Crippen molar-refractivity contribution in [2.45, 2.75) is 13.0 Å². The summed E-state index contributed by atoms with van der Waals surface area (Å²) in [5.41, 5.74) is 1.75. The van der Waals surface area contributed by atoms with Crippen LogP contribution in [0.15, 0.2) is 36.5 Å². The predicted molar refractivity (Wildman–Crippen MR) is 80.8 cm³/mol. The smallest absolute Gasteiger partial charge is 0.145 e. The van der Waals surface area contributed by atoms with Gasteiger partial charge in [-0.1, -0.05) is 17.7 Å². The highest BCUT2D eigenvalue weighted by molar-refractivity contribution is 6.32. The van der Waals surface area contributed by atoms with Gasteiger partial charge in [0.05, 0.1) is 36.7 Å². The molecule has 0 radical (unpaired) electrons. The molecule has 1 aromatic carbocycles. The van der Waals surface area contributed by atoms with Crippen molar-refractivity contribution in [3.63, 3.8) is 0 Å². The highest BCUT2D eigenvalue weighted by Crippen LogP contribution is 2.37. The summed E-state index contributed by atoms with van der Waals surface area (Å²) in [5.74, 6) is 1.26. The Morgan fingerprint density at radius 2 is 1.90 bits per heavy atom. The van der Waals surface area contributed by atoms with Crippen LogP contribution in [-0.2, 0) is 0 Å². The average Bonchev–Trinajstić information content (AvgIpc) is 2.48. The Balaban J connectivity index is 2.27. The van der Waals surface area contributed by atoms with E-state index < -0.39 is 0 Å². The molecule has 0 aliphatic rings. The van der Waals surface area contributed by atoms with E-state index in [2.05, 4.69) is 10.3 Å². The summed E-state index contributed by atoms with van der Waals surface area (Å²) in [6.45, 7) is 2.03. The van der Waals surface area contributed by atoms with Crippen LogP contribution in [0.25, 0.3) is 0 Å². The van der Waals surface area contributed by atoms with Gasteiger partial charge in [0.1, 0.15) is 11.5 Å². The average molecular weight is 293 g/mol. The molecule has 106 valence electrons. The summed E-state index contributed by atoms with van der Waals surface area (Å²) < 4.78 is 10.5. The van der Waals surface area contributed by atoms with Gasteiger partial charge in [-0.2, -0.15) is 0 Å². The van der Waals surface area contributed by atoms with Gasteiger partial charge in [0, 0.05) is 12.3 Å². The molecule has 1 atom stereocenters. The zero-order valence-electron chi connectivity index (χ0n) is 11.7. The second kappa shape index (κ2) is 6.48. The van der Waals surface area contributed by atoms with Gasteiger partial charge in [0.15, 0.2) is 0 Å². The zero-order chi connectivity index (χ0) is 14.5. The minimum Gasteiger partial charge on any atom is -0.495 e. The molecular formula is C15H17ClN2O2. The van der Waals surface area contributed by atoms with Crippen LogP contribution in [0.2, 0.25) is 5.02 Å². The van der Waals surface area contributed by atoms with E-state index >= 15 is 0 Å². The number of methoxy groups -OCH3 is 2. The van der Waals surface area contributed by atoms with E-state index in [1.54, 1.807) is 32.5 Å². The topological polar surface area (TPSA) is 43.4 Å². The van der Waals surface area contributed by atoms with E-state index in [4.69, 9.17) is 21.1 Å². The van der Waals surface area contributed by atoms with Gasteiger partial charge in [-0.25, -0.2) is 0 Å². The minimum absolute atomic E-state index is 0.0366. The fourth-order valence-electron chi connectivity index (χ4n) is 1.91. The maximum Gasteiger partial charge on any atom is 0.145 e. The van der Waals surface area contributed by atoms with Crippen molar-refractivity contribution in [1.82, 2.24) is 4.98 Å². The van der Waals surface area contributed by atoms with Crippen LogP contribution in [0.5, 0.6) is 11.5 Å². The van der Waals surface area contributed by atoms with Crippen molar-refractivity contribution >= 4 is 17.3 Å². The molecule has 0 amide bonds. The van der Waals surface area contributed by atoms with Crippen molar-refractivity contribution in [2.24, 2.45) is 0 Å². The molecule has 0 fully saturated rings. The molecule has 2 rings (SSSR count). The number of ether oxygens (including phenoxy) is 2. The van der Waals surface area contributed by atoms with Crippen LogP contribution in [0, 0.1) is 0 Å². The lowest BCUT2D eigenvalue weighted by atomic mass is 10.2. The van der Waals surface area contributed by atoms with Crippen molar-refractivity contribution in [1.29, 1.82) is 0 Å². The lowest BCUT2D eigenvalue weighted by molar-refractivity contribution is 0.395. The van der Waals surface area contributed by atoms with E-state index in [9.17, 15) is 0 Å². The third kappa shape index (κ3) is 3.14. The molecule has 5 heteroatoms. The number of benzene rings is 1. The first-order chi connectivity index (χ1) is 9.65. The maximum absolute atomic E-state index is 6.15. The molecule has 0 saturated carbocycles. The first-order valence-corrected chi connectivity index (χ1v) is 6.62. The first-order valence-electron chi connectivity index (χ1n) is 6.24. The summed E-state index contributed by atoms with van der Waals surface area (Å²) in [4.78, 5) is 4.33. The Hall–Kier alpha value is -1.94. The first kappa shape index (κ1) is 14.5. The van der Waals surface area contributed by atoms with Crippen molar-refractivity contribution in [3.8, 4) is 11.5 Å². The summed E-state index contributed by atoms with van der Waals surface area (Å²) in [7, 11) is 3.18. The van der Waals surface area contributed by atoms with Crippen LogP contribution >= 0.6 is 11.6 Å². The number of nitrogens with zero attached hydrogens (tertiary/aromatic N) is 1. The fourth-order valence-corrected chi connectivity index (χ4v) is 2.15.